The maximum Gasteiger partial charge on any atom is 0.257 e. The molecule has 1 aliphatic heterocycles. The van der Waals surface area contributed by atoms with Gasteiger partial charge in [-0.15, -0.1) is 0 Å². The molecule has 2 aromatic carbocycles. The highest BCUT2D eigenvalue weighted by atomic mass is 16.5. The lowest BCUT2D eigenvalue weighted by Crippen LogP contribution is -2.38. The van der Waals surface area contributed by atoms with Crippen molar-refractivity contribution in [3.05, 3.63) is 83.9 Å². The molecule has 3 aromatic rings. The molecular weight excluding hydrogens is 350 g/mol. The number of likely N-dealkylation sites (tertiary alicyclic amines) is 1. The summed E-state index contributed by atoms with van der Waals surface area (Å²) in [6.45, 7) is 1.93. The van der Waals surface area contributed by atoms with Crippen LogP contribution in [0.2, 0.25) is 0 Å². The van der Waals surface area contributed by atoms with Gasteiger partial charge < -0.3 is 14.2 Å². The van der Waals surface area contributed by atoms with Gasteiger partial charge in [-0.2, -0.15) is 0 Å². The molecule has 0 saturated carbocycles. The third-order valence-electron chi connectivity index (χ3n) is 5.36. The van der Waals surface area contributed by atoms with E-state index in [-0.39, 0.29) is 5.91 Å². The number of aryl methyl sites for hydroxylation is 1. The Morgan fingerprint density at radius 1 is 1.07 bits per heavy atom. The number of piperidine rings is 1. The van der Waals surface area contributed by atoms with Crippen LogP contribution in [0.25, 0.3) is 0 Å². The van der Waals surface area contributed by atoms with Crippen LogP contribution >= 0.6 is 0 Å². The molecule has 1 saturated heterocycles. The Morgan fingerprint density at radius 2 is 1.79 bits per heavy atom. The van der Waals surface area contributed by atoms with E-state index in [0.29, 0.717) is 23.8 Å². The van der Waals surface area contributed by atoms with Crippen LogP contribution in [0.15, 0.2) is 67.0 Å². The number of rotatable bonds is 5. The van der Waals surface area contributed by atoms with Crippen LogP contribution in [0, 0.1) is 0 Å². The van der Waals surface area contributed by atoms with Crippen molar-refractivity contribution in [3.63, 3.8) is 0 Å². The lowest BCUT2D eigenvalue weighted by Gasteiger charge is -2.32. The first-order chi connectivity index (χ1) is 13.7. The number of aromatic nitrogens is 2. The van der Waals surface area contributed by atoms with E-state index in [4.69, 9.17) is 4.74 Å². The zero-order valence-corrected chi connectivity index (χ0v) is 16.1. The molecule has 0 aliphatic carbocycles. The molecule has 0 atom stereocenters. The number of imidazole rings is 1. The maximum absolute atomic E-state index is 13.1. The summed E-state index contributed by atoms with van der Waals surface area (Å²) in [5.41, 5.74) is 1.72. The predicted molar refractivity (Wildman–Crippen MR) is 108 cm³/mol. The Morgan fingerprint density at radius 3 is 2.50 bits per heavy atom. The second-order valence-electron chi connectivity index (χ2n) is 7.23. The lowest BCUT2D eigenvalue weighted by atomic mass is 9.95. The minimum atomic E-state index is 0.0435. The Kier molecular flexibility index (Phi) is 5.42. The predicted octanol–water partition coefficient (Wildman–Crippen LogP) is 4.02. The second-order valence-corrected chi connectivity index (χ2v) is 7.23. The van der Waals surface area contributed by atoms with E-state index in [1.165, 1.54) is 0 Å². The first-order valence-electron chi connectivity index (χ1n) is 9.74. The van der Waals surface area contributed by atoms with Gasteiger partial charge in [0.25, 0.3) is 5.91 Å². The number of hydrogen-bond acceptors (Lipinski definition) is 3. The molecule has 5 nitrogen and oxygen atoms in total. The van der Waals surface area contributed by atoms with Crippen molar-refractivity contribution in [2.75, 3.05) is 13.1 Å². The SMILES string of the molecule is Cn1ccnc1C1CCN(C(=O)c2ccccc2OCc2ccccc2)CC1. The van der Waals surface area contributed by atoms with E-state index < -0.39 is 0 Å². The molecule has 1 fully saturated rings. The van der Waals surface area contributed by atoms with Crippen LogP contribution in [0.1, 0.15) is 40.5 Å². The summed E-state index contributed by atoms with van der Waals surface area (Å²) in [5, 5.41) is 0. The molecule has 1 aliphatic rings. The summed E-state index contributed by atoms with van der Waals surface area (Å²) >= 11 is 0. The van der Waals surface area contributed by atoms with Crippen LogP contribution in [-0.4, -0.2) is 33.4 Å². The monoisotopic (exact) mass is 375 g/mol. The number of amides is 1. The van der Waals surface area contributed by atoms with Crippen molar-refractivity contribution in [1.82, 2.24) is 14.5 Å². The van der Waals surface area contributed by atoms with Gasteiger partial charge in [0.2, 0.25) is 0 Å². The van der Waals surface area contributed by atoms with Crippen LogP contribution in [-0.2, 0) is 13.7 Å². The fourth-order valence-electron chi connectivity index (χ4n) is 3.79. The second kappa shape index (κ2) is 8.30. The van der Waals surface area contributed by atoms with E-state index in [9.17, 15) is 4.79 Å². The number of carbonyl (C=O) groups is 1. The van der Waals surface area contributed by atoms with E-state index in [0.717, 1.165) is 37.3 Å². The lowest BCUT2D eigenvalue weighted by molar-refractivity contribution is 0.0705. The Hall–Kier alpha value is -3.08. The fraction of sp³-hybridized carbons (Fsp3) is 0.304. The van der Waals surface area contributed by atoms with Crippen LogP contribution in [0.4, 0.5) is 0 Å². The van der Waals surface area contributed by atoms with Gasteiger partial charge in [-0.1, -0.05) is 42.5 Å². The summed E-state index contributed by atoms with van der Waals surface area (Å²) in [4.78, 5) is 19.5. The molecule has 144 valence electrons. The van der Waals surface area contributed by atoms with Crippen LogP contribution < -0.4 is 4.74 Å². The van der Waals surface area contributed by atoms with E-state index >= 15 is 0 Å². The first-order valence-corrected chi connectivity index (χ1v) is 9.74. The summed E-state index contributed by atoms with van der Waals surface area (Å²) in [7, 11) is 2.03. The minimum absolute atomic E-state index is 0.0435. The highest BCUT2D eigenvalue weighted by Gasteiger charge is 2.27. The third kappa shape index (κ3) is 3.93. The Labute approximate surface area is 165 Å². The van der Waals surface area contributed by atoms with Gasteiger partial charge in [-0.25, -0.2) is 4.98 Å². The highest BCUT2D eigenvalue weighted by Crippen LogP contribution is 2.29. The molecule has 0 N–H and O–H groups in total. The Balaban J connectivity index is 1.42. The number of ether oxygens (including phenoxy) is 1. The van der Waals surface area contributed by atoms with Gasteiger partial charge in [-0.05, 0) is 30.5 Å². The molecule has 2 heterocycles. The third-order valence-corrected chi connectivity index (χ3v) is 5.36. The van der Waals surface area contributed by atoms with Gasteiger partial charge >= 0.3 is 0 Å². The minimum Gasteiger partial charge on any atom is -0.488 e. The molecule has 0 bridgehead atoms. The normalized spacial score (nSPS) is 14.8. The highest BCUT2D eigenvalue weighted by molar-refractivity contribution is 5.97. The molecule has 4 rings (SSSR count). The average Bonchev–Trinajstić information content (AvgIpc) is 3.19. The first kappa shape index (κ1) is 18.3. The largest absolute Gasteiger partial charge is 0.488 e. The number of carbonyl (C=O) groups excluding carboxylic acids is 1. The number of hydrogen-bond donors (Lipinski definition) is 0. The van der Waals surface area contributed by atoms with Crippen LogP contribution in [0.3, 0.4) is 0 Å². The van der Waals surface area contributed by atoms with Gasteiger partial charge in [0.15, 0.2) is 0 Å². The van der Waals surface area contributed by atoms with Crippen molar-refractivity contribution in [2.24, 2.45) is 7.05 Å². The summed E-state index contributed by atoms with van der Waals surface area (Å²) in [5.74, 6) is 2.21. The van der Waals surface area contributed by atoms with Crippen molar-refractivity contribution in [2.45, 2.75) is 25.4 Å². The molecule has 0 radical (unpaired) electrons. The Bertz CT molecular complexity index is 928. The zero-order chi connectivity index (χ0) is 19.3. The summed E-state index contributed by atoms with van der Waals surface area (Å²) < 4.78 is 8.05. The van der Waals surface area contributed by atoms with E-state index in [1.807, 2.05) is 78.9 Å². The fourth-order valence-corrected chi connectivity index (χ4v) is 3.79. The number of para-hydroxylation sites is 1. The van der Waals surface area contributed by atoms with Crippen molar-refractivity contribution in [3.8, 4) is 5.75 Å². The number of nitrogens with zero attached hydrogens (tertiary/aromatic N) is 3. The van der Waals surface area contributed by atoms with Crippen LogP contribution in [0.5, 0.6) is 5.75 Å². The van der Waals surface area contributed by atoms with Gasteiger partial charge in [0, 0.05) is 38.4 Å². The molecule has 5 heteroatoms. The molecule has 1 aromatic heterocycles. The smallest absolute Gasteiger partial charge is 0.257 e. The van der Waals surface area contributed by atoms with E-state index in [1.54, 1.807) is 0 Å². The number of benzene rings is 2. The summed E-state index contributed by atoms with van der Waals surface area (Å²) in [6.07, 6.45) is 5.69. The van der Waals surface area contributed by atoms with Crippen molar-refractivity contribution < 1.29 is 9.53 Å². The summed E-state index contributed by atoms with van der Waals surface area (Å²) in [6, 6.07) is 17.5. The standard InChI is InChI=1S/C23H25N3O2/c1-25-16-13-24-22(25)19-11-14-26(15-12-19)23(27)20-9-5-6-10-21(20)28-17-18-7-3-2-4-8-18/h2-10,13,16,19H,11-12,14-15,17H2,1H3. The van der Waals surface area contributed by atoms with Gasteiger partial charge in [-0.3, -0.25) is 4.79 Å². The average molecular weight is 375 g/mol. The molecular formula is C23H25N3O2. The molecule has 1 amide bonds. The van der Waals surface area contributed by atoms with Crippen molar-refractivity contribution in [1.29, 1.82) is 0 Å². The van der Waals surface area contributed by atoms with E-state index in [2.05, 4.69) is 9.55 Å². The molecule has 28 heavy (non-hydrogen) atoms. The van der Waals surface area contributed by atoms with Gasteiger partial charge in [0.05, 0.1) is 5.56 Å². The topological polar surface area (TPSA) is 47.4 Å². The molecule has 0 unspecified atom stereocenters. The van der Waals surface area contributed by atoms with Gasteiger partial charge in [0.1, 0.15) is 18.2 Å². The molecule has 0 spiro atoms. The quantitative estimate of drug-likeness (QED) is 0.677. The van der Waals surface area contributed by atoms with Crippen molar-refractivity contribution >= 4 is 5.91 Å². The zero-order valence-electron chi connectivity index (χ0n) is 16.1. The maximum atomic E-state index is 13.1.